The molecule has 0 radical (unpaired) electrons. The van der Waals surface area contributed by atoms with E-state index in [4.69, 9.17) is 0 Å². The molecule has 20 heavy (non-hydrogen) atoms. The van der Waals surface area contributed by atoms with Crippen LogP contribution in [0.15, 0.2) is 30.3 Å². The van der Waals surface area contributed by atoms with Gasteiger partial charge in [-0.1, -0.05) is 37.3 Å². The molecule has 1 aromatic carbocycles. The van der Waals surface area contributed by atoms with Gasteiger partial charge in [-0.15, -0.1) is 0 Å². The maximum Gasteiger partial charge on any atom is 0.222 e. The predicted molar refractivity (Wildman–Crippen MR) is 77.5 cm³/mol. The van der Waals surface area contributed by atoms with Crippen molar-refractivity contribution in [3.8, 4) is 0 Å². The van der Waals surface area contributed by atoms with Crippen LogP contribution in [0.1, 0.15) is 18.9 Å². The SMILES string of the molecule is CCC(=O)N1CCN(S(=O)(=O)Cc2ccccc2)CC1. The van der Waals surface area contributed by atoms with Crippen molar-refractivity contribution in [2.75, 3.05) is 26.2 Å². The van der Waals surface area contributed by atoms with Crippen molar-refractivity contribution in [2.45, 2.75) is 19.1 Å². The first-order valence-corrected chi connectivity index (χ1v) is 8.43. The Hall–Kier alpha value is -1.40. The lowest BCUT2D eigenvalue weighted by Gasteiger charge is -2.33. The van der Waals surface area contributed by atoms with E-state index in [2.05, 4.69) is 0 Å². The Kier molecular flexibility index (Phi) is 4.77. The van der Waals surface area contributed by atoms with Gasteiger partial charge in [0.1, 0.15) is 0 Å². The van der Waals surface area contributed by atoms with Crippen LogP contribution in [0.4, 0.5) is 0 Å². The molecule has 1 aromatic rings. The fourth-order valence-corrected chi connectivity index (χ4v) is 3.83. The molecule has 0 atom stereocenters. The Bertz CT molecular complexity index is 549. The average molecular weight is 296 g/mol. The summed E-state index contributed by atoms with van der Waals surface area (Å²) in [5.74, 6) is 0.111. The topological polar surface area (TPSA) is 57.7 Å². The van der Waals surface area contributed by atoms with Crippen molar-refractivity contribution < 1.29 is 13.2 Å². The van der Waals surface area contributed by atoms with E-state index >= 15 is 0 Å². The van der Waals surface area contributed by atoms with Crippen LogP contribution in [0.25, 0.3) is 0 Å². The van der Waals surface area contributed by atoms with Crippen molar-refractivity contribution in [1.82, 2.24) is 9.21 Å². The third-order valence-corrected chi connectivity index (χ3v) is 5.33. The highest BCUT2D eigenvalue weighted by atomic mass is 32.2. The van der Waals surface area contributed by atoms with E-state index in [1.807, 2.05) is 37.3 Å². The molecule has 110 valence electrons. The third-order valence-electron chi connectivity index (χ3n) is 3.48. The minimum atomic E-state index is -3.30. The first-order valence-electron chi connectivity index (χ1n) is 6.82. The first-order chi connectivity index (χ1) is 9.53. The number of sulfonamides is 1. The Labute approximate surface area is 120 Å². The highest BCUT2D eigenvalue weighted by Gasteiger charge is 2.28. The quantitative estimate of drug-likeness (QED) is 0.835. The predicted octanol–water partition coefficient (Wildman–Crippen LogP) is 1.07. The van der Waals surface area contributed by atoms with Crippen LogP contribution in [0, 0.1) is 0 Å². The number of carbonyl (C=O) groups is 1. The van der Waals surface area contributed by atoms with Crippen molar-refractivity contribution >= 4 is 15.9 Å². The minimum absolute atomic E-state index is 0.0234. The second-order valence-electron chi connectivity index (χ2n) is 4.88. The lowest BCUT2D eigenvalue weighted by atomic mass is 10.2. The number of piperazine rings is 1. The summed E-state index contributed by atoms with van der Waals surface area (Å²) < 4.78 is 26.1. The fourth-order valence-electron chi connectivity index (χ4n) is 2.32. The van der Waals surface area contributed by atoms with E-state index < -0.39 is 10.0 Å². The molecule has 2 rings (SSSR count). The standard InChI is InChI=1S/C14H20N2O3S/c1-2-14(17)15-8-10-16(11-9-15)20(18,19)12-13-6-4-3-5-7-13/h3-7H,2,8-12H2,1H3. The maximum atomic E-state index is 12.3. The Balaban J connectivity index is 1.97. The van der Waals surface area contributed by atoms with E-state index in [-0.39, 0.29) is 11.7 Å². The summed E-state index contributed by atoms with van der Waals surface area (Å²) in [6, 6.07) is 9.17. The van der Waals surface area contributed by atoms with Gasteiger partial charge in [0, 0.05) is 32.6 Å². The van der Waals surface area contributed by atoms with Gasteiger partial charge in [-0.25, -0.2) is 8.42 Å². The number of rotatable bonds is 4. The Morgan fingerprint density at radius 2 is 1.70 bits per heavy atom. The zero-order valence-electron chi connectivity index (χ0n) is 11.7. The molecule has 1 amide bonds. The molecule has 1 heterocycles. The van der Waals surface area contributed by atoms with Crippen LogP contribution < -0.4 is 0 Å². The second kappa shape index (κ2) is 6.37. The zero-order chi connectivity index (χ0) is 14.6. The van der Waals surface area contributed by atoms with Gasteiger partial charge in [0.15, 0.2) is 0 Å². The monoisotopic (exact) mass is 296 g/mol. The van der Waals surface area contributed by atoms with Crippen molar-refractivity contribution in [2.24, 2.45) is 0 Å². The van der Waals surface area contributed by atoms with E-state index in [1.54, 1.807) is 4.90 Å². The normalized spacial score (nSPS) is 17.1. The van der Waals surface area contributed by atoms with Crippen LogP contribution in [0.5, 0.6) is 0 Å². The number of carbonyl (C=O) groups excluding carboxylic acids is 1. The molecule has 1 saturated heterocycles. The van der Waals surface area contributed by atoms with Gasteiger partial charge in [-0.05, 0) is 5.56 Å². The Morgan fingerprint density at radius 1 is 1.10 bits per heavy atom. The van der Waals surface area contributed by atoms with Gasteiger partial charge in [-0.3, -0.25) is 4.79 Å². The van der Waals surface area contributed by atoms with Gasteiger partial charge in [0.25, 0.3) is 0 Å². The molecule has 0 aromatic heterocycles. The molecule has 0 saturated carbocycles. The van der Waals surface area contributed by atoms with Crippen LogP contribution in [0.3, 0.4) is 0 Å². The average Bonchev–Trinajstić information content (AvgIpc) is 2.47. The highest BCUT2D eigenvalue weighted by molar-refractivity contribution is 7.88. The molecule has 5 nitrogen and oxygen atoms in total. The van der Waals surface area contributed by atoms with E-state index in [0.29, 0.717) is 32.6 Å². The van der Waals surface area contributed by atoms with E-state index in [0.717, 1.165) is 5.56 Å². The molecular formula is C14H20N2O3S. The number of benzene rings is 1. The lowest BCUT2D eigenvalue weighted by molar-refractivity contribution is -0.132. The molecule has 0 N–H and O–H groups in total. The molecular weight excluding hydrogens is 276 g/mol. The second-order valence-corrected chi connectivity index (χ2v) is 6.84. The van der Waals surface area contributed by atoms with Crippen LogP contribution in [0.2, 0.25) is 0 Å². The van der Waals surface area contributed by atoms with E-state index in [9.17, 15) is 13.2 Å². The van der Waals surface area contributed by atoms with Crippen molar-refractivity contribution in [1.29, 1.82) is 0 Å². The third kappa shape index (κ3) is 3.58. The van der Waals surface area contributed by atoms with Gasteiger partial charge in [0.05, 0.1) is 5.75 Å². The lowest BCUT2D eigenvalue weighted by Crippen LogP contribution is -2.50. The van der Waals surface area contributed by atoms with Crippen LogP contribution in [-0.2, 0) is 20.6 Å². The molecule has 1 aliphatic rings. The number of hydrogen-bond acceptors (Lipinski definition) is 3. The molecule has 6 heteroatoms. The van der Waals surface area contributed by atoms with Gasteiger partial charge in [0.2, 0.25) is 15.9 Å². The molecule has 0 bridgehead atoms. The van der Waals surface area contributed by atoms with Crippen LogP contribution >= 0.6 is 0 Å². The van der Waals surface area contributed by atoms with Gasteiger partial charge >= 0.3 is 0 Å². The summed E-state index contributed by atoms with van der Waals surface area (Å²) in [4.78, 5) is 13.3. The maximum absolute atomic E-state index is 12.3. The molecule has 1 fully saturated rings. The molecule has 0 unspecified atom stereocenters. The molecule has 0 aliphatic carbocycles. The van der Waals surface area contributed by atoms with Gasteiger partial charge < -0.3 is 4.90 Å². The highest BCUT2D eigenvalue weighted by Crippen LogP contribution is 2.13. The Morgan fingerprint density at radius 3 is 2.25 bits per heavy atom. The molecule has 1 aliphatic heterocycles. The smallest absolute Gasteiger partial charge is 0.222 e. The largest absolute Gasteiger partial charge is 0.340 e. The van der Waals surface area contributed by atoms with Crippen molar-refractivity contribution in [3.63, 3.8) is 0 Å². The fraction of sp³-hybridized carbons (Fsp3) is 0.500. The first kappa shape index (κ1) is 15.0. The van der Waals surface area contributed by atoms with E-state index in [1.165, 1.54) is 4.31 Å². The van der Waals surface area contributed by atoms with Crippen molar-refractivity contribution in [3.05, 3.63) is 35.9 Å². The number of nitrogens with zero attached hydrogens (tertiary/aromatic N) is 2. The summed E-state index contributed by atoms with van der Waals surface area (Å²) in [7, 11) is -3.30. The summed E-state index contributed by atoms with van der Waals surface area (Å²) in [5.41, 5.74) is 0.791. The summed E-state index contributed by atoms with van der Waals surface area (Å²) >= 11 is 0. The van der Waals surface area contributed by atoms with Gasteiger partial charge in [-0.2, -0.15) is 4.31 Å². The number of hydrogen-bond donors (Lipinski definition) is 0. The van der Waals surface area contributed by atoms with Crippen LogP contribution in [-0.4, -0.2) is 49.7 Å². The summed E-state index contributed by atoms with van der Waals surface area (Å²) in [6.07, 6.45) is 0.469. The number of amides is 1. The summed E-state index contributed by atoms with van der Waals surface area (Å²) in [5, 5.41) is 0. The summed E-state index contributed by atoms with van der Waals surface area (Å²) in [6.45, 7) is 3.57. The zero-order valence-corrected chi connectivity index (χ0v) is 12.5. The molecule has 0 spiro atoms. The minimum Gasteiger partial charge on any atom is -0.340 e.